The van der Waals surface area contributed by atoms with E-state index in [9.17, 15) is 9.59 Å². The van der Waals surface area contributed by atoms with Gasteiger partial charge in [-0.3, -0.25) is 19.4 Å². The number of hydrogen-bond donors (Lipinski definition) is 0. The molecule has 2 rings (SSSR count). The largest absolute Gasteiger partial charge is 0.330 e. The highest BCUT2D eigenvalue weighted by molar-refractivity contribution is 5.48. The van der Waals surface area contributed by atoms with Crippen LogP contribution in [-0.4, -0.2) is 84.0 Å². The van der Waals surface area contributed by atoms with Gasteiger partial charge in [0, 0.05) is 25.2 Å². The van der Waals surface area contributed by atoms with E-state index in [0.717, 1.165) is 65.2 Å². The third kappa shape index (κ3) is 6.59. The molecular formula is C19H36N4O2. The van der Waals surface area contributed by atoms with E-state index in [-0.39, 0.29) is 0 Å². The average Bonchev–Trinajstić information content (AvgIpc) is 2.63. The average molecular weight is 353 g/mol. The zero-order valence-corrected chi connectivity index (χ0v) is 16.1. The first-order chi connectivity index (χ1) is 12.1. The van der Waals surface area contributed by atoms with Gasteiger partial charge in [0.05, 0.1) is 13.3 Å². The lowest BCUT2D eigenvalue weighted by atomic mass is 10.1. The van der Waals surface area contributed by atoms with Crippen molar-refractivity contribution in [1.29, 1.82) is 0 Å². The van der Waals surface area contributed by atoms with Gasteiger partial charge >= 0.3 is 0 Å². The molecule has 144 valence electrons. The van der Waals surface area contributed by atoms with Gasteiger partial charge in [0.2, 0.25) is 12.8 Å². The van der Waals surface area contributed by atoms with E-state index in [1.807, 2.05) is 9.80 Å². The van der Waals surface area contributed by atoms with E-state index in [2.05, 4.69) is 23.6 Å². The zero-order chi connectivity index (χ0) is 18.1. The SMILES string of the molecule is C[C@@H]1CCN(CCCCCCCN2CC[C@@H](C)N(C=O)C2)CN1C=O. The number of hydrogen-bond acceptors (Lipinski definition) is 4. The van der Waals surface area contributed by atoms with E-state index in [0.29, 0.717) is 12.1 Å². The van der Waals surface area contributed by atoms with Crippen LogP contribution in [0.25, 0.3) is 0 Å². The summed E-state index contributed by atoms with van der Waals surface area (Å²) in [5.41, 5.74) is 0. The quantitative estimate of drug-likeness (QED) is 0.445. The Bertz CT molecular complexity index is 371. The molecule has 0 aromatic rings. The van der Waals surface area contributed by atoms with Gasteiger partial charge in [0.1, 0.15) is 0 Å². The summed E-state index contributed by atoms with van der Waals surface area (Å²) in [6.07, 6.45) is 10.4. The third-order valence-electron chi connectivity index (χ3n) is 5.80. The maximum atomic E-state index is 11.0. The van der Waals surface area contributed by atoms with Crippen LogP contribution in [0, 0.1) is 0 Å². The van der Waals surface area contributed by atoms with Gasteiger partial charge in [-0.15, -0.1) is 0 Å². The van der Waals surface area contributed by atoms with E-state index in [1.54, 1.807) is 0 Å². The molecule has 0 bridgehead atoms. The maximum Gasteiger partial charge on any atom is 0.210 e. The number of nitrogens with zero attached hydrogens (tertiary/aromatic N) is 4. The molecule has 0 unspecified atom stereocenters. The van der Waals surface area contributed by atoms with Crippen LogP contribution in [-0.2, 0) is 9.59 Å². The maximum absolute atomic E-state index is 11.0. The first-order valence-electron chi connectivity index (χ1n) is 10.0. The minimum Gasteiger partial charge on any atom is -0.330 e. The Kier molecular flexibility index (Phi) is 8.68. The fourth-order valence-corrected chi connectivity index (χ4v) is 3.79. The van der Waals surface area contributed by atoms with Gasteiger partial charge in [-0.2, -0.15) is 0 Å². The number of carbonyl (C=O) groups is 2. The Balaban J connectivity index is 1.47. The molecule has 2 atom stereocenters. The summed E-state index contributed by atoms with van der Waals surface area (Å²) in [5.74, 6) is 0. The molecule has 2 aliphatic heterocycles. The van der Waals surface area contributed by atoms with Crippen molar-refractivity contribution < 1.29 is 9.59 Å². The van der Waals surface area contributed by atoms with E-state index in [4.69, 9.17) is 0 Å². The van der Waals surface area contributed by atoms with Gasteiger partial charge in [0.15, 0.2) is 0 Å². The minimum absolute atomic E-state index is 0.390. The second-order valence-corrected chi connectivity index (χ2v) is 7.80. The van der Waals surface area contributed by atoms with Crippen molar-refractivity contribution in [3.05, 3.63) is 0 Å². The van der Waals surface area contributed by atoms with Crippen molar-refractivity contribution >= 4 is 12.8 Å². The molecule has 0 saturated carbocycles. The van der Waals surface area contributed by atoms with E-state index < -0.39 is 0 Å². The van der Waals surface area contributed by atoms with Crippen molar-refractivity contribution in [3.8, 4) is 0 Å². The van der Waals surface area contributed by atoms with Crippen LogP contribution in [0.15, 0.2) is 0 Å². The Morgan fingerprint density at radius 3 is 1.52 bits per heavy atom. The second kappa shape index (κ2) is 10.8. The van der Waals surface area contributed by atoms with Crippen molar-refractivity contribution in [2.75, 3.05) is 39.5 Å². The normalized spacial score (nSPS) is 26.0. The lowest BCUT2D eigenvalue weighted by Gasteiger charge is -2.38. The van der Waals surface area contributed by atoms with E-state index >= 15 is 0 Å². The van der Waals surface area contributed by atoms with Crippen LogP contribution < -0.4 is 0 Å². The molecule has 0 N–H and O–H groups in total. The zero-order valence-electron chi connectivity index (χ0n) is 16.1. The number of carbonyl (C=O) groups excluding carboxylic acids is 2. The minimum atomic E-state index is 0.390. The fraction of sp³-hybridized carbons (Fsp3) is 0.895. The predicted molar refractivity (Wildman–Crippen MR) is 99.9 cm³/mol. The highest BCUT2D eigenvalue weighted by atomic mass is 16.1. The van der Waals surface area contributed by atoms with Crippen LogP contribution in [0.4, 0.5) is 0 Å². The van der Waals surface area contributed by atoms with Crippen molar-refractivity contribution in [3.63, 3.8) is 0 Å². The summed E-state index contributed by atoms with van der Waals surface area (Å²) in [5, 5.41) is 0. The first-order valence-corrected chi connectivity index (χ1v) is 10.0. The Morgan fingerprint density at radius 1 is 0.720 bits per heavy atom. The van der Waals surface area contributed by atoms with Crippen LogP contribution in [0.5, 0.6) is 0 Å². The molecule has 6 nitrogen and oxygen atoms in total. The summed E-state index contributed by atoms with van der Waals surface area (Å²) < 4.78 is 0. The number of amides is 2. The highest BCUT2D eigenvalue weighted by Gasteiger charge is 2.22. The van der Waals surface area contributed by atoms with Gasteiger partial charge in [-0.1, -0.05) is 19.3 Å². The van der Waals surface area contributed by atoms with Crippen LogP contribution in [0.2, 0.25) is 0 Å². The molecule has 6 heteroatoms. The summed E-state index contributed by atoms with van der Waals surface area (Å²) in [6.45, 7) is 10.3. The summed E-state index contributed by atoms with van der Waals surface area (Å²) in [6, 6.07) is 0.781. The van der Waals surface area contributed by atoms with Gasteiger partial charge in [-0.25, -0.2) is 0 Å². The number of unbranched alkanes of at least 4 members (excludes halogenated alkanes) is 4. The first kappa shape index (κ1) is 20.2. The Morgan fingerprint density at radius 2 is 1.12 bits per heavy atom. The predicted octanol–water partition coefficient (Wildman–Crippen LogP) is 1.96. The molecule has 2 fully saturated rings. The molecule has 25 heavy (non-hydrogen) atoms. The third-order valence-corrected chi connectivity index (χ3v) is 5.80. The van der Waals surface area contributed by atoms with Crippen molar-refractivity contribution in [1.82, 2.24) is 19.6 Å². The fourth-order valence-electron chi connectivity index (χ4n) is 3.79. The molecule has 0 aliphatic carbocycles. The Hall–Kier alpha value is -1.14. The topological polar surface area (TPSA) is 47.1 Å². The molecule has 0 aromatic heterocycles. The molecule has 0 spiro atoms. The summed E-state index contributed by atoms with van der Waals surface area (Å²) in [4.78, 5) is 30.7. The monoisotopic (exact) mass is 352 g/mol. The lowest BCUT2D eigenvalue weighted by Crippen LogP contribution is -2.48. The van der Waals surface area contributed by atoms with Crippen molar-refractivity contribution in [2.45, 2.75) is 70.9 Å². The molecular weight excluding hydrogens is 316 g/mol. The second-order valence-electron chi connectivity index (χ2n) is 7.80. The van der Waals surface area contributed by atoms with E-state index in [1.165, 1.54) is 32.1 Å². The molecule has 2 amide bonds. The highest BCUT2D eigenvalue weighted by Crippen LogP contribution is 2.14. The number of rotatable bonds is 10. The molecule has 0 radical (unpaired) electrons. The molecule has 2 saturated heterocycles. The molecule has 2 heterocycles. The van der Waals surface area contributed by atoms with Gasteiger partial charge < -0.3 is 9.80 Å². The standard InChI is InChI=1S/C19H36N4O2/c1-18-8-12-20(14-22(18)16-24)10-6-4-3-5-7-11-21-13-9-19(2)23(15-21)17-25/h16-19H,3-15H2,1-2H3/t18-,19-/m1/s1. The van der Waals surface area contributed by atoms with Crippen molar-refractivity contribution in [2.24, 2.45) is 0 Å². The Labute approximate surface area is 153 Å². The van der Waals surface area contributed by atoms with Gasteiger partial charge in [0.25, 0.3) is 0 Å². The molecule has 2 aliphatic rings. The molecule has 0 aromatic carbocycles. The summed E-state index contributed by atoms with van der Waals surface area (Å²) in [7, 11) is 0. The van der Waals surface area contributed by atoms with Crippen LogP contribution in [0.1, 0.15) is 58.8 Å². The summed E-state index contributed by atoms with van der Waals surface area (Å²) >= 11 is 0. The van der Waals surface area contributed by atoms with Crippen LogP contribution in [0.3, 0.4) is 0 Å². The lowest BCUT2D eigenvalue weighted by molar-refractivity contribution is -0.125. The smallest absolute Gasteiger partial charge is 0.210 e. The van der Waals surface area contributed by atoms with Crippen LogP contribution >= 0.6 is 0 Å². The van der Waals surface area contributed by atoms with Gasteiger partial charge in [-0.05, 0) is 52.6 Å².